The van der Waals surface area contributed by atoms with Crippen molar-refractivity contribution in [2.45, 2.75) is 6.42 Å². The Labute approximate surface area is 87.5 Å². The van der Waals surface area contributed by atoms with E-state index in [1.807, 2.05) is 0 Å². The second-order valence-electron chi connectivity index (χ2n) is 2.49. The Morgan fingerprint density at radius 1 is 0.800 bits per heavy atom. The fraction of sp³-hybridized carbons (Fsp3) is 0.0909. The highest BCUT2D eigenvalue weighted by Crippen LogP contribution is 1.88. The van der Waals surface area contributed by atoms with E-state index in [2.05, 4.69) is 0 Å². The van der Waals surface area contributed by atoms with E-state index in [1.165, 1.54) is 12.2 Å². The summed E-state index contributed by atoms with van der Waals surface area (Å²) < 4.78 is 0. The predicted molar refractivity (Wildman–Crippen MR) is 56.4 cm³/mol. The van der Waals surface area contributed by atoms with Gasteiger partial charge in [0.05, 0.1) is 0 Å². The Morgan fingerprint density at radius 2 is 1.20 bits per heavy atom. The minimum Gasteiger partial charge on any atom is -0.478 e. The molecule has 0 aliphatic carbocycles. The molecule has 0 saturated carbocycles. The number of hydrogen-bond donors (Lipinski definition) is 2. The van der Waals surface area contributed by atoms with Gasteiger partial charge in [-0.25, -0.2) is 9.59 Å². The third-order valence-electron chi connectivity index (χ3n) is 1.24. The Hall–Kier alpha value is -2.10. The van der Waals surface area contributed by atoms with Crippen molar-refractivity contribution in [1.82, 2.24) is 0 Å². The zero-order valence-corrected chi connectivity index (χ0v) is 8.04. The number of rotatable bonds is 6. The van der Waals surface area contributed by atoms with E-state index in [0.29, 0.717) is 6.42 Å². The first kappa shape index (κ1) is 12.9. The van der Waals surface area contributed by atoms with Crippen LogP contribution in [0, 0.1) is 0 Å². The maximum atomic E-state index is 10.0. The van der Waals surface area contributed by atoms with E-state index in [9.17, 15) is 9.59 Å². The summed E-state index contributed by atoms with van der Waals surface area (Å²) in [5, 5.41) is 16.5. The Bertz CT molecular complexity index is 289. The average molecular weight is 208 g/mol. The Kier molecular flexibility index (Phi) is 7.31. The topological polar surface area (TPSA) is 74.6 Å². The fourth-order valence-corrected chi connectivity index (χ4v) is 0.669. The molecule has 0 heterocycles. The van der Waals surface area contributed by atoms with Gasteiger partial charge in [0, 0.05) is 12.2 Å². The molecule has 0 aromatic carbocycles. The molecule has 4 heteroatoms. The number of carboxylic acids is 2. The monoisotopic (exact) mass is 208 g/mol. The molecule has 0 aromatic heterocycles. The number of aliphatic carboxylic acids is 2. The first-order valence-corrected chi connectivity index (χ1v) is 4.25. The summed E-state index contributed by atoms with van der Waals surface area (Å²) in [6.07, 6.45) is 12.3. The number of carboxylic acid groups (broad SMARTS) is 2. The second kappa shape index (κ2) is 8.50. The Morgan fingerprint density at radius 3 is 1.53 bits per heavy atom. The maximum Gasteiger partial charge on any atom is 0.328 e. The van der Waals surface area contributed by atoms with E-state index < -0.39 is 11.9 Å². The van der Waals surface area contributed by atoms with Gasteiger partial charge in [-0.3, -0.25) is 0 Å². The van der Waals surface area contributed by atoms with Gasteiger partial charge in [-0.2, -0.15) is 0 Å². The van der Waals surface area contributed by atoms with Gasteiger partial charge in [0.2, 0.25) is 0 Å². The highest BCUT2D eigenvalue weighted by Gasteiger charge is 1.80. The SMILES string of the molecule is O=C(O)C=CC=CCC=CC=CC(=O)O. The van der Waals surface area contributed by atoms with Crippen LogP contribution in [-0.2, 0) is 9.59 Å². The van der Waals surface area contributed by atoms with Gasteiger partial charge in [0.15, 0.2) is 0 Å². The van der Waals surface area contributed by atoms with E-state index in [4.69, 9.17) is 10.2 Å². The minimum absolute atomic E-state index is 0.619. The lowest BCUT2D eigenvalue weighted by Crippen LogP contribution is -1.84. The summed E-state index contributed by atoms with van der Waals surface area (Å²) in [5.74, 6) is -1.97. The van der Waals surface area contributed by atoms with Crippen molar-refractivity contribution in [2.24, 2.45) is 0 Å². The van der Waals surface area contributed by atoms with Crippen LogP contribution in [0.3, 0.4) is 0 Å². The van der Waals surface area contributed by atoms with Gasteiger partial charge in [-0.15, -0.1) is 0 Å². The number of allylic oxidation sites excluding steroid dienone is 6. The second-order valence-corrected chi connectivity index (χ2v) is 2.49. The lowest BCUT2D eigenvalue weighted by molar-refractivity contribution is -0.132. The highest BCUT2D eigenvalue weighted by molar-refractivity contribution is 5.80. The predicted octanol–water partition coefficient (Wildman–Crippen LogP) is 1.77. The van der Waals surface area contributed by atoms with Crippen LogP contribution in [0.15, 0.2) is 48.6 Å². The van der Waals surface area contributed by atoms with Crippen molar-refractivity contribution < 1.29 is 19.8 Å². The molecule has 0 unspecified atom stereocenters. The summed E-state index contributed by atoms with van der Waals surface area (Å²) >= 11 is 0. The van der Waals surface area contributed by atoms with Crippen LogP contribution >= 0.6 is 0 Å². The molecule has 0 aromatic rings. The third-order valence-corrected chi connectivity index (χ3v) is 1.24. The molecule has 0 atom stereocenters. The smallest absolute Gasteiger partial charge is 0.328 e. The van der Waals surface area contributed by atoms with Crippen molar-refractivity contribution in [2.75, 3.05) is 0 Å². The molecule has 4 nitrogen and oxygen atoms in total. The minimum atomic E-state index is -0.986. The van der Waals surface area contributed by atoms with Crippen molar-refractivity contribution in [3.05, 3.63) is 48.6 Å². The summed E-state index contributed by atoms with van der Waals surface area (Å²) in [4.78, 5) is 20.1. The quantitative estimate of drug-likeness (QED) is 0.515. The zero-order chi connectivity index (χ0) is 11.5. The molecule has 0 saturated heterocycles. The first-order chi connectivity index (χ1) is 7.13. The van der Waals surface area contributed by atoms with Crippen LogP contribution in [0.2, 0.25) is 0 Å². The van der Waals surface area contributed by atoms with Crippen LogP contribution in [0.25, 0.3) is 0 Å². The summed E-state index contributed by atoms with van der Waals surface area (Å²) in [6, 6.07) is 0. The van der Waals surface area contributed by atoms with Gasteiger partial charge in [0.1, 0.15) is 0 Å². The van der Waals surface area contributed by atoms with Crippen molar-refractivity contribution >= 4 is 11.9 Å². The van der Waals surface area contributed by atoms with Crippen molar-refractivity contribution in [1.29, 1.82) is 0 Å². The molecule has 0 amide bonds. The van der Waals surface area contributed by atoms with Crippen LogP contribution in [0.5, 0.6) is 0 Å². The van der Waals surface area contributed by atoms with Gasteiger partial charge in [0.25, 0.3) is 0 Å². The molecule has 15 heavy (non-hydrogen) atoms. The molecule has 2 N–H and O–H groups in total. The lowest BCUT2D eigenvalue weighted by Gasteiger charge is -1.79. The molecule has 0 radical (unpaired) electrons. The summed E-state index contributed by atoms with van der Waals surface area (Å²) in [6.45, 7) is 0. The molecule has 0 rings (SSSR count). The molecule has 80 valence electrons. The van der Waals surface area contributed by atoms with Crippen LogP contribution in [0.4, 0.5) is 0 Å². The van der Waals surface area contributed by atoms with Gasteiger partial charge >= 0.3 is 11.9 Å². The van der Waals surface area contributed by atoms with Gasteiger partial charge in [-0.1, -0.05) is 36.5 Å². The van der Waals surface area contributed by atoms with Gasteiger partial charge in [-0.05, 0) is 6.42 Å². The van der Waals surface area contributed by atoms with Crippen molar-refractivity contribution in [3.63, 3.8) is 0 Å². The molecule has 0 aliphatic rings. The molecular weight excluding hydrogens is 196 g/mol. The maximum absolute atomic E-state index is 10.0. The number of carbonyl (C=O) groups is 2. The normalized spacial score (nSPS) is 12.3. The molecule has 0 aliphatic heterocycles. The molecule has 0 bridgehead atoms. The number of hydrogen-bond acceptors (Lipinski definition) is 2. The lowest BCUT2D eigenvalue weighted by atomic mass is 10.3. The first-order valence-electron chi connectivity index (χ1n) is 4.25. The van der Waals surface area contributed by atoms with E-state index in [-0.39, 0.29) is 0 Å². The molecule has 0 fully saturated rings. The average Bonchev–Trinajstić information content (AvgIpc) is 2.14. The highest BCUT2D eigenvalue weighted by atomic mass is 16.4. The van der Waals surface area contributed by atoms with Crippen LogP contribution in [-0.4, -0.2) is 22.2 Å². The van der Waals surface area contributed by atoms with E-state index >= 15 is 0 Å². The molecule has 0 spiro atoms. The van der Waals surface area contributed by atoms with Crippen LogP contribution in [0.1, 0.15) is 6.42 Å². The molecular formula is C11H12O4. The van der Waals surface area contributed by atoms with E-state index in [0.717, 1.165) is 12.2 Å². The Balaban J connectivity index is 3.70. The van der Waals surface area contributed by atoms with Crippen LogP contribution < -0.4 is 0 Å². The largest absolute Gasteiger partial charge is 0.478 e. The zero-order valence-electron chi connectivity index (χ0n) is 8.04. The van der Waals surface area contributed by atoms with Crippen molar-refractivity contribution in [3.8, 4) is 0 Å². The fourth-order valence-electron chi connectivity index (χ4n) is 0.669. The third kappa shape index (κ3) is 11.9. The summed E-state index contributed by atoms with van der Waals surface area (Å²) in [7, 11) is 0. The van der Waals surface area contributed by atoms with Gasteiger partial charge < -0.3 is 10.2 Å². The van der Waals surface area contributed by atoms with E-state index in [1.54, 1.807) is 24.3 Å². The summed E-state index contributed by atoms with van der Waals surface area (Å²) in [5.41, 5.74) is 0. The standard InChI is InChI=1S/C11H12O4/c12-10(13)8-6-4-2-1-3-5-7-9-11(14)15/h2-9H,1H2,(H,12,13)(H,14,15).